The van der Waals surface area contributed by atoms with E-state index in [-0.39, 0.29) is 46.9 Å². The monoisotopic (exact) mass is 502 g/mol. The molecule has 0 aromatic heterocycles. The highest BCUT2D eigenvalue weighted by molar-refractivity contribution is 7.89. The van der Waals surface area contributed by atoms with Gasteiger partial charge in [-0.25, -0.2) is 22.3 Å². The number of nitro groups is 1. The molecule has 0 bridgehead atoms. The zero-order chi connectivity index (χ0) is 25.9. The number of nitro benzene ring substituents is 1. The lowest BCUT2D eigenvalue weighted by molar-refractivity contribution is -0.384. The van der Waals surface area contributed by atoms with E-state index in [0.717, 1.165) is 5.56 Å². The van der Waals surface area contributed by atoms with Gasteiger partial charge < -0.3 is 15.3 Å². The second-order valence-corrected chi connectivity index (χ2v) is 10.3. The Kier molecular flexibility index (Phi) is 7.56. The number of aryl methyl sites for hydroxylation is 1. The molecule has 35 heavy (non-hydrogen) atoms. The van der Waals surface area contributed by atoms with Gasteiger partial charge in [0, 0.05) is 38.0 Å². The summed E-state index contributed by atoms with van der Waals surface area (Å²) >= 11 is 0. The minimum Gasteiger partial charge on any atom is -0.478 e. The Morgan fingerprint density at radius 1 is 1.20 bits per heavy atom. The number of hydrogen-bond acceptors (Lipinski definition) is 6. The van der Waals surface area contributed by atoms with Gasteiger partial charge in [0.25, 0.3) is 5.69 Å². The number of carboxylic acids is 1. The highest BCUT2D eigenvalue weighted by Gasteiger charge is 2.38. The van der Waals surface area contributed by atoms with Crippen molar-refractivity contribution >= 4 is 27.7 Å². The second-order valence-electron chi connectivity index (χ2n) is 8.22. The maximum absolute atomic E-state index is 12.9. The Morgan fingerprint density at radius 3 is 2.51 bits per heavy atom. The number of hydrogen-bond donors (Lipinski definition) is 2. The molecule has 1 heterocycles. The predicted octanol–water partition coefficient (Wildman–Crippen LogP) is 3.04. The van der Waals surface area contributed by atoms with E-state index in [0.29, 0.717) is 0 Å². The first-order valence-electron chi connectivity index (χ1n) is 10.7. The third-order valence-corrected chi connectivity index (χ3v) is 7.59. The number of benzene rings is 2. The Labute approximate surface area is 202 Å². The number of sulfonamides is 1. The van der Waals surface area contributed by atoms with Gasteiger partial charge in [0.1, 0.15) is 0 Å². The van der Waals surface area contributed by atoms with Gasteiger partial charge in [-0.15, -0.1) is 0 Å². The van der Waals surface area contributed by atoms with E-state index >= 15 is 0 Å². The van der Waals surface area contributed by atoms with Crippen molar-refractivity contribution in [2.45, 2.75) is 31.2 Å². The molecule has 0 spiro atoms. The summed E-state index contributed by atoms with van der Waals surface area (Å²) in [6, 6.07) is 10.3. The van der Waals surface area contributed by atoms with Crippen LogP contribution in [0.5, 0.6) is 0 Å². The molecule has 0 radical (unpaired) electrons. The molecule has 0 aliphatic carbocycles. The molecule has 1 atom stereocenters. The number of nitrogens with one attached hydrogen (secondary N) is 1. The zero-order valence-corrected chi connectivity index (χ0v) is 20.3. The molecular weight excluding hydrogens is 476 g/mol. The highest BCUT2D eigenvalue weighted by atomic mass is 32.2. The fourth-order valence-corrected chi connectivity index (χ4v) is 5.30. The number of carbonyl (C=O) groups excluding carboxylic acids is 1. The van der Waals surface area contributed by atoms with E-state index in [1.807, 2.05) is 0 Å². The second kappa shape index (κ2) is 10.2. The average Bonchev–Trinajstić information content (AvgIpc) is 2.79. The van der Waals surface area contributed by atoms with E-state index in [2.05, 4.69) is 5.32 Å². The van der Waals surface area contributed by atoms with Crippen LogP contribution in [-0.4, -0.2) is 59.8 Å². The van der Waals surface area contributed by atoms with Gasteiger partial charge in [-0.2, -0.15) is 0 Å². The molecule has 3 rings (SSSR count). The van der Waals surface area contributed by atoms with E-state index in [1.165, 1.54) is 53.5 Å². The van der Waals surface area contributed by atoms with Gasteiger partial charge in [0.2, 0.25) is 10.0 Å². The number of non-ortho nitro benzene ring substituents is 1. The van der Waals surface area contributed by atoms with Crippen molar-refractivity contribution in [3.05, 3.63) is 81.0 Å². The van der Waals surface area contributed by atoms with E-state index < -0.39 is 33.0 Å². The summed E-state index contributed by atoms with van der Waals surface area (Å²) in [5, 5.41) is 23.6. The maximum Gasteiger partial charge on any atom is 0.335 e. The third kappa shape index (κ3) is 5.49. The number of allylic oxidation sites excluding steroid dienone is 1. The Balaban J connectivity index is 1.86. The SMILES string of the molecule is CC1=C(C(=O)O)C(c2cccc([N+](=O)[O-])c2)N(CCCN(C)S(=O)(=O)c2cccc(C)c2)C(=O)N1. The molecule has 0 saturated carbocycles. The fraction of sp³-hybridized carbons (Fsp3) is 0.304. The van der Waals surface area contributed by atoms with Gasteiger partial charge in [-0.05, 0) is 43.5 Å². The number of urea groups is 1. The minimum atomic E-state index is -3.76. The summed E-state index contributed by atoms with van der Waals surface area (Å²) in [5.74, 6) is -1.27. The maximum atomic E-state index is 12.9. The van der Waals surface area contributed by atoms with Crippen molar-refractivity contribution in [1.82, 2.24) is 14.5 Å². The molecule has 2 aromatic rings. The van der Waals surface area contributed by atoms with Crippen LogP contribution in [-0.2, 0) is 14.8 Å². The summed E-state index contributed by atoms with van der Waals surface area (Å²) in [5.41, 5.74) is 0.846. The molecule has 1 unspecified atom stereocenters. The van der Waals surface area contributed by atoms with Crippen LogP contribution in [0.2, 0.25) is 0 Å². The molecule has 1 aliphatic rings. The largest absolute Gasteiger partial charge is 0.478 e. The quantitative estimate of drug-likeness (QED) is 0.395. The summed E-state index contributed by atoms with van der Waals surface area (Å²) < 4.78 is 26.9. The van der Waals surface area contributed by atoms with Crippen LogP contribution in [0.1, 0.15) is 30.5 Å². The molecule has 0 saturated heterocycles. The third-order valence-electron chi connectivity index (χ3n) is 5.74. The number of nitrogens with zero attached hydrogens (tertiary/aromatic N) is 3. The standard InChI is InChI=1S/C23H26N4O7S/c1-15-7-4-10-19(13-15)35(33,34)25(3)11-6-12-26-21(17-8-5-9-18(14-17)27(31)32)20(22(28)29)16(2)24-23(26)30/h4-5,7-10,13-14,21H,6,11-12H2,1-3H3,(H,24,30)(H,28,29). The van der Waals surface area contributed by atoms with Crippen LogP contribution in [0.3, 0.4) is 0 Å². The number of aliphatic carboxylic acids is 1. The van der Waals surface area contributed by atoms with Gasteiger partial charge in [-0.3, -0.25) is 10.1 Å². The zero-order valence-electron chi connectivity index (χ0n) is 19.5. The van der Waals surface area contributed by atoms with Crippen LogP contribution < -0.4 is 5.32 Å². The van der Waals surface area contributed by atoms with Crippen LogP contribution in [0.15, 0.2) is 64.7 Å². The van der Waals surface area contributed by atoms with Crippen LogP contribution in [0.4, 0.5) is 10.5 Å². The molecule has 1 aliphatic heterocycles. The lowest BCUT2D eigenvalue weighted by Crippen LogP contribution is -2.49. The topological polar surface area (TPSA) is 150 Å². The molecule has 2 N–H and O–H groups in total. The number of carboxylic acid groups (broad SMARTS) is 1. The highest BCUT2D eigenvalue weighted by Crippen LogP contribution is 2.35. The molecular formula is C23H26N4O7S. The van der Waals surface area contributed by atoms with Gasteiger partial charge in [0.05, 0.1) is 21.4 Å². The van der Waals surface area contributed by atoms with Crippen molar-refractivity contribution < 1.29 is 28.0 Å². The first-order chi connectivity index (χ1) is 16.4. The average molecular weight is 503 g/mol. The van der Waals surface area contributed by atoms with E-state index in [9.17, 15) is 33.2 Å². The molecule has 0 fully saturated rings. The minimum absolute atomic E-state index is 0.0108. The van der Waals surface area contributed by atoms with E-state index in [4.69, 9.17) is 0 Å². The van der Waals surface area contributed by atoms with Crippen molar-refractivity contribution in [3.63, 3.8) is 0 Å². The molecule has 11 nitrogen and oxygen atoms in total. The summed E-state index contributed by atoms with van der Waals surface area (Å²) in [6.45, 7) is 3.31. The van der Waals surface area contributed by atoms with Crippen molar-refractivity contribution in [1.29, 1.82) is 0 Å². The summed E-state index contributed by atoms with van der Waals surface area (Å²) in [6.07, 6.45) is 0.201. The van der Waals surface area contributed by atoms with Crippen molar-refractivity contribution in [2.75, 3.05) is 20.1 Å². The normalized spacial score (nSPS) is 16.4. The molecule has 12 heteroatoms. The molecule has 2 aromatic carbocycles. The van der Waals surface area contributed by atoms with Crippen LogP contribution >= 0.6 is 0 Å². The molecule has 186 valence electrons. The van der Waals surface area contributed by atoms with Gasteiger partial charge in [-0.1, -0.05) is 24.3 Å². The van der Waals surface area contributed by atoms with Crippen molar-refractivity contribution in [2.24, 2.45) is 0 Å². The number of rotatable bonds is 9. The predicted molar refractivity (Wildman–Crippen MR) is 127 cm³/mol. The lowest BCUT2D eigenvalue weighted by Gasteiger charge is -2.37. The molecule has 2 amide bonds. The summed E-state index contributed by atoms with van der Waals surface area (Å²) in [7, 11) is -2.33. The Hall–Kier alpha value is -3.77. The van der Waals surface area contributed by atoms with E-state index in [1.54, 1.807) is 25.1 Å². The Morgan fingerprint density at radius 2 is 1.89 bits per heavy atom. The fourth-order valence-electron chi connectivity index (χ4n) is 3.98. The van der Waals surface area contributed by atoms with Crippen LogP contribution in [0, 0.1) is 17.0 Å². The van der Waals surface area contributed by atoms with Crippen molar-refractivity contribution in [3.8, 4) is 0 Å². The first kappa shape index (κ1) is 25.8. The van der Waals surface area contributed by atoms with Gasteiger partial charge in [0.15, 0.2) is 0 Å². The first-order valence-corrected chi connectivity index (χ1v) is 12.2. The number of amides is 2. The summed E-state index contributed by atoms with van der Waals surface area (Å²) in [4.78, 5) is 37.0. The smallest absolute Gasteiger partial charge is 0.335 e. The van der Waals surface area contributed by atoms with Crippen LogP contribution in [0.25, 0.3) is 0 Å². The number of carbonyl (C=O) groups is 2. The lowest BCUT2D eigenvalue weighted by atomic mass is 9.93. The van der Waals surface area contributed by atoms with Gasteiger partial charge >= 0.3 is 12.0 Å². The Bertz CT molecular complexity index is 1310.